The lowest BCUT2D eigenvalue weighted by Gasteiger charge is -2.44. The Kier molecular flexibility index (Phi) is 5.27. The topological polar surface area (TPSA) is 131 Å². The molecule has 5 rings (SSSR count). The van der Waals surface area contributed by atoms with E-state index in [1.807, 2.05) is 0 Å². The molecule has 0 atom stereocenters. The number of benzene rings is 2. The molecule has 1 aliphatic carbocycles. The van der Waals surface area contributed by atoms with Crippen molar-refractivity contribution in [3.05, 3.63) is 69.2 Å². The molecule has 1 aromatic heterocycles. The monoisotopic (exact) mass is 462 g/mol. The van der Waals surface area contributed by atoms with Gasteiger partial charge in [0.1, 0.15) is 12.1 Å². The van der Waals surface area contributed by atoms with E-state index in [4.69, 9.17) is 4.74 Å². The molecule has 1 aliphatic heterocycles. The molecule has 10 nitrogen and oxygen atoms in total. The number of H-pyrrole nitrogens is 1. The summed E-state index contributed by atoms with van der Waals surface area (Å²) in [6.45, 7) is -1.16. The molecule has 2 aromatic carbocycles. The van der Waals surface area contributed by atoms with E-state index >= 15 is 0 Å². The molecular formula is C24H22N4O6. The minimum atomic E-state index is -1.02. The molecule has 3 aromatic rings. The summed E-state index contributed by atoms with van der Waals surface area (Å²) >= 11 is 0. The van der Waals surface area contributed by atoms with E-state index in [9.17, 15) is 24.0 Å². The number of hydrogen-bond acceptors (Lipinski definition) is 6. The largest absolute Gasteiger partial charge is 0.454 e. The smallest absolute Gasteiger partial charge is 0.328 e. The maximum atomic E-state index is 13.3. The van der Waals surface area contributed by atoms with Crippen LogP contribution in [-0.4, -0.2) is 39.7 Å². The fourth-order valence-corrected chi connectivity index (χ4v) is 4.87. The third-order valence-corrected chi connectivity index (χ3v) is 6.45. The fourth-order valence-electron chi connectivity index (χ4n) is 4.87. The molecule has 1 spiro atoms. The van der Waals surface area contributed by atoms with E-state index in [2.05, 4.69) is 10.4 Å². The number of anilines is 2. The molecule has 2 aliphatic rings. The SMILES string of the molecule is O=C(Cn1[nH]c(=O)c2ccccc2c1=O)OCC(=O)N1c2ccccc2NC(=O)C12CCCC2. The maximum Gasteiger partial charge on any atom is 0.328 e. The molecule has 1 saturated carbocycles. The van der Waals surface area contributed by atoms with E-state index in [0.717, 1.165) is 17.5 Å². The Morgan fingerprint density at radius 2 is 1.62 bits per heavy atom. The van der Waals surface area contributed by atoms with Gasteiger partial charge in [0.15, 0.2) is 6.61 Å². The van der Waals surface area contributed by atoms with Crippen LogP contribution in [0.5, 0.6) is 0 Å². The number of carbonyl (C=O) groups is 3. The molecule has 10 heteroatoms. The number of nitrogens with one attached hydrogen (secondary N) is 2. The third kappa shape index (κ3) is 3.47. The first-order chi connectivity index (χ1) is 16.4. The molecule has 2 heterocycles. The maximum absolute atomic E-state index is 13.3. The van der Waals surface area contributed by atoms with Gasteiger partial charge in [-0.25, -0.2) is 4.68 Å². The minimum Gasteiger partial charge on any atom is -0.454 e. The van der Waals surface area contributed by atoms with Gasteiger partial charge in [-0.3, -0.25) is 34.0 Å². The Balaban J connectivity index is 1.36. The number of fused-ring (bicyclic) bond motifs is 2. The van der Waals surface area contributed by atoms with Gasteiger partial charge >= 0.3 is 5.97 Å². The number of hydrogen-bond donors (Lipinski definition) is 2. The number of aromatic nitrogens is 2. The van der Waals surface area contributed by atoms with Crippen LogP contribution in [0.25, 0.3) is 10.8 Å². The van der Waals surface area contributed by atoms with Crippen LogP contribution in [0.2, 0.25) is 0 Å². The lowest BCUT2D eigenvalue weighted by atomic mass is 9.90. The Morgan fingerprint density at radius 3 is 2.38 bits per heavy atom. The molecule has 2 N–H and O–H groups in total. The second-order valence-electron chi connectivity index (χ2n) is 8.48. The summed E-state index contributed by atoms with van der Waals surface area (Å²) in [7, 11) is 0. The van der Waals surface area contributed by atoms with E-state index in [0.29, 0.717) is 24.2 Å². The van der Waals surface area contributed by atoms with E-state index < -0.39 is 41.7 Å². The van der Waals surface area contributed by atoms with Gasteiger partial charge in [-0.1, -0.05) is 37.1 Å². The minimum absolute atomic E-state index is 0.175. The first kappa shape index (κ1) is 21.6. The Labute approximate surface area is 193 Å². The van der Waals surface area contributed by atoms with Crippen LogP contribution >= 0.6 is 0 Å². The van der Waals surface area contributed by atoms with Crippen LogP contribution in [0.1, 0.15) is 25.7 Å². The number of amides is 2. The van der Waals surface area contributed by atoms with Crippen molar-refractivity contribution >= 4 is 39.9 Å². The lowest BCUT2D eigenvalue weighted by molar-refractivity contribution is -0.149. The number of esters is 1. The van der Waals surface area contributed by atoms with Crippen molar-refractivity contribution in [1.29, 1.82) is 0 Å². The quantitative estimate of drug-likeness (QED) is 0.566. The summed E-state index contributed by atoms with van der Waals surface area (Å²) in [4.78, 5) is 65.0. The van der Waals surface area contributed by atoms with E-state index in [1.165, 1.54) is 17.0 Å². The van der Waals surface area contributed by atoms with Gasteiger partial charge in [-0.15, -0.1) is 0 Å². The molecular weight excluding hydrogens is 440 g/mol. The fraction of sp³-hybridized carbons (Fsp3) is 0.292. The van der Waals surface area contributed by atoms with Crippen molar-refractivity contribution in [2.24, 2.45) is 0 Å². The summed E-state index contributed by atoms with van der Waals surface area (Å²) in [5.41, 5.74) is -1.01. The van der Waals surface area contributed by atoms with Crippen LogP contribution in [0, 0.1) is 0 Å². The second kappa shape index (κ2) is 8.29. The molecule has 0 saturated heterocycles. The van der Waals surface area contributed by atoms with E-state index in [-0.39, 0.29) is 16.7 Å². The highest BCUT2D eigenvalue weighted by Crippen LogP contribution is 2.45. The predicted octanol–water partition coefficient (Wildman–Crippen LogP) is 1.53. The zero-order valence-corrected chi connectivity index (χ0v) is 18.2. The average molecular weight is 462 g/mol. The second-order valence-corrected chi connectivity index (χ2v) is 8.48. The lowest BCUT2D eigenvalue weighted by Crippen LogP contribution is -2.61. The van der Waals surface area contributed by atoms with Crippen LogP contribution in [0.15, 0.2) is 58.1 Å². The van der Waals surface area contributed by atoms with Crippen LogP contribution in [-0.2, 0) is 25.7 Å². The number of ether oxygens (including phenoxy) is 1. The number of aromatic amines is 1. The highest BCUT2D eigenvalue weighted by atomic mass is 16.5. The molecule has 0 radical (unpaired) electrons. The van der Waals surface area contributed by atoms with Crippen molar-refractivity contribution in [1.82, 2.24) is 9.78 Å². The van der Waals surface area contributed by atoms with Crippen LogP contribution < -0.4 is 21.3 Å². The van der Waals surface area contributed by atoms with Gasteiger partial charge in [-0.05, 0) is 37.1 Å². The number of carbonyl (C=O) groups excluding carboxylic acids is 3. The Morgan fingerprint density at radius 1 is 0.941 bits per heavy atom. The van der Waals surface area contributed by atoms with Gasteiger partial charge in [0.25, 0.3) is 22.9 Å². The predicted molar refractivity (Wildman–Crippen MR) is 124 cm³/mol. The van der Waals surface area contributed by atoms with Gasteiger partial charge in [-0.2, -0.15) is 0 Å². The molecule has 0 bridgehead atoms. The summed E-state index contributed by atoms with van der Waals surface area (Å²) in [5.74, 6) is -1.64. The summed E-state index contributed by atoms with van der Waals surface area (Å²) in [5, 5.41) is 5.64. The number of nitrogens with zero attached hydrogens (tertiary/aromatic N) is 2. The van der Waals surface area contributed by atoms with Crippen LogP contribution in [0.3, 0.4) is 0 Å². The van der Waals surface area contributed by atoms with Crippen LogP contribution in [0.4, 0.5) is 11.4 Å². The highest BCUT2D eigenvalue weighted by Gasteiger charge is 2.52. The average Bonchev–Trinajstić information content (AvgIpc) is 3.32. The van der Waals surface area contributed by atoms with Gasteiger partial charge in [0.05, 0.1) is 22.1 Å². The molecule has 0 unspecified atom stereocenters. The van der Waals surface area contributed by atoms with Gasteiger partial charge < -0.3 is 10.1 Å². The van der Waals surface area contributed by atoms with Crippen molar-refractivity contribution in [2.45, 2.75) is 37.8 Å². The van der Waals surface area contributed by atoms with Gasteiger partial charge in [0, 0.05) is 0 Å². The zero-order valence-electron chi connectivity index (χ0n) is 18.2. The molecule has 1 fully saturated rings. The summed E-state index contributed by atoms with van der Waals surface area (Å²) in [6.07, 6.45) is 2.63. The normalized spacial score (nSPS) is 16.4. The third-order valence-electron chi connectivity index (χ3n) is 6.45. The first-order valence-electron chi connectivity index (χ1n) is 11.0. The van der Waals surface area contributed by atoms with Crippen molar-refractivity contribution < 1.29 is 19.1 Å². The zero-order chi connectivity index (χ0) is 23.9. The summed E-state index contributed by atoms with van der Waals surface area (Å²) in [6, 6.07) is 13.3. The Hall–Kier alpha value is -4.21. The standard InChI is InChI=1S/C24H22N4O6/c29-19(28-18-10-4-3-9-17(18)25-23(33)24(28)11-5-6-12-24)14-34-20(30)13-27-22(32)16-8-2-1-7-15(16)21(31)26-27/h1-4,7-10H,5-6,11-14H2,(H,25,33)(H,26,31). The number of rotatable bonds is 4. The molecule has 174 valence electrons. The highest BCUT2D eigenvalue weighted by molar-refractivity contribution is 6.15. The van der Waals surface area contributed by atoms with Gasteiger partial charge in [0.2, 0.25) is 0 Å². The molecule has 34 heavy (non-hydrogen) atoms. The molecule has 2 amide bonds. The number of para-hydroxylation sites is 2. The van der Waals surface area contributed by atoms with Crippen molar-refractivity contribution in [2.75, 3.05) is 16.8 Å². The van der Waals surface area contributed by atoms with E-state index in [1.54, 1.807) is 36.4 Å². The first-order valence-corrected chi connectivity index (χ1v) is 11.0. The van der Waals surface area contributed by atoms with Crippen molar-refractivity contribution in [3.63, 3.8) is 0 Å². The Bertz CT molecular complexity index is 1430. The summed E-state index contributed by atoms with van der Waals surface area (Å²) < 4.78 is 6.04. The van der Waals surface area contributed by atoms with Crippen molar-refractivity contribution in [3.8, 4) is 0 Å².